The van der Waals surface area contributed by atoms with E-state index in [9.17, 15) is 9.59 Å². The Bertz CT molecular complexity index is 794. The second kappa shape index (κ2) is 7.04. The molecule has 1 N–H and O–H groups in total. The highest BCUT2D eigenvalue weighted by Gasteiger charge is 2.23. The number of fused-ring (bicyclic) bond motifs is 1. The number of hydrogen-bond acceptors (Lipinski definition) is 5. The van der Waals surface area contributed by atoms with Gasteiger partial charge >= 0.3 is 5.97 Å². The number of carbonyl (C=O) groups excluding carboxylic acids is 2. The van der Waals surface area contributed by atoms with Crippen molar-refractivity contribution in [3.8, 4) is 0 Å². The topological polar surface area (TPSA) is 73.9 Å². The molecule has 2 aromatic rings. The van der Waals surface area contributed by atoms with E-state index in [0.29, 0.717) is 12.3 Å². The van der Waals surface area contributed by atoms with Gasteiger partial charge in [-0.3, -0.25) is 4.79 Å². The largest absolute Gasteiger partial charge is 0.493 e. The van der Waals surface area contributed by atoms with Crippen molar-refractivity contribution in [2.45, 2.75) is 13.0 Å². The molecule has 0 radical (unpaired) electrons. The normalized spacial score (nSPS) is 14.8. The molecule has 1 amide bonds. The first-order valence-electron chi connectivity index (χ1n) is 7.59. The number of amides is 1. The Morgan fingerprint density at radius 1 is 1.12 bits per heavy atom. The van der Waals surface area contributed by atoms with Crippen LogP contribution in [0.2, 0.25) is 0 Å². The van der Waals surface area contributed by atoms with Gasteiger partial charge in [0.1, 0.15) is 19.5 Å². The molecule has 6 heteroatoms. The first-order chi connectivity index (χ1) is 11.6. The fourth-order valence-corrected chi connectivity index (χ4v) is 2.32. The summed E-state index contributed by atoms with van der Waals surface area (Å²) < 4.78 is 15.2. The van der Waals surface area contributed by atoms with Gasteiger partial charge in [-0.25, -0.2) is 4.79 Å². The smallest absolute Gasteiger partial charge is 0.377 e. The highest BCUT2D eigenvalue weighted by Crippen LogP contribution is 2.23. The van der Waals surface area contributed by atoms with Gasteiger partial charge in [-0.05, 0) is 18.4 Å². The van der Waals surface area contributed by atoms with Gasteiger partial charge in [-0.1, -0.05) is 36.4 Å². The lowest BCUT2D eigenvalue weighted by Crippen LogP contribution is -2.31. The first kappa shape index (κ1) is 15.9. The molecular weight excluding hydrogens is 310 g/mol. The molecule has 0 bridgehead atoms. The van der Waals surface area contributed by atoms with Gasteiger partial charge in [-0.15, -0.1) is 0 Å². The first-order valence-corrected chi connectivity index (χ1v) is 7.59. The quantitative estimate of drug-likeness (QED) is 0.874. The van der Waals surface area contributed by atoms with Crippen LogP contribution in [0.5, 0.6) is 0 Å². The average molecular weight is 327 g/mol. The Morgan fingerprint density at radius 3 is 2.71 bits per heavy atom. The molecule has 0 saturated carbocycles. The molecule has 2 aromatic carbocycles. The standard InChI is InChI=1S/C18H17NO5/c1-12(24-18(21)16-11-22-9-10-23-16)17(20)19-15-8-4-6-13-5-2-3-7-14(13)15/h2-8,11-12H,9-10H2,1H3,(H,19,20)/t12-/m1/s1. The summed E-state index contributed by atoms with van der Waals surface area (Å²) in [5, 5.41) is 4.71. The highest BCUT2D eigenvalue weighted by atomic mass is 16.6. The van der Waals surface area contributed by atoms with Crippen molar-refractivity contribution in [2.24, 2.45) is 0 Å². The van der Waals surface area contributed by atoms with Crippen LogP contribution in [0.25, 0.3) is 10.8 Å². The zero-order valence-electron chi connectivity index (χ0n) is 13.2. The predicted molar refractivity (Wildman–Crippen MR) is 88.1 cm³/mol. The van der Waals surface area contributed by atoms with Crippen LogP contribution >= 0.6 is 0 Å². The van der Waals surface area contributed by atoms with E-state index in [-0.39, 0.29) is 12.4 Å². The lowest BCUT2D eigenvalue weighted by Gasteiger charge is -2.17. The number of anilines is 1. The molecule has 0 aromatic heterocycles. The number of benzene rings is 2. The van der Waals surface area contributed by atoms with Gasteiger partial charge in [0.25, 0.3) is 5.91 Å². The van der Waals surface area contributed by atoms with Crippen molar-refractivity contribution < 1.29 is 23.8 Å². The maximum Gasteiger partial charge on any atom is 0.377 e. The van der Waals surface area contributed by atoms with Crippen LogP contribution in [0, 0.1) is 0 Å². The fourth-order valence-electron chi connectivity index (χ4n) is 2.32. The van der Waals surface area contributed by atoms with Gasteiger partial charge in [0.2, 0.25) is 5.76 Å². The van der Waals surface area contributed by atoms with Crippen LogP contribution in [-0.4, -0.2) is 31.2 Å². The van der Waals surface area contributed by atoms with Gasteiger partial charge in [0.15, 0.2) is 6.10 Å². The number of rotatable bonds is 4. The Balaban J connectivity index is 1.67. The summed E-state index contributed by atoms with van der Waals surface area (Å²) in [4.78, 5) is 24.2. The van der Waals surface area contributed by atoms with E-state index < -0.39 is 18.0 Å². The Labute approximate surface area is 139 Å². The van der Waals surface area contributed by atoms with E-state index in [2.05, 4.69) is 5.32 Å². The molecule has 6 nitrogen and oxygen atoms in total. The average Bonchev–Trinajstić information content (AvgIpc) is 2.62. The number of esters is 1. The molecule has 124 valence electrons. The van der Waals surface area contributed by atoms with Crippen molar-refractivity contribution in [2.75, 3.05) is 18.5 Å². The minimum absolute atomic E-state index is 0.0361. The Hall–Kier alpha value is -3.02. The Kier molecular flexibility index (Phi) is 4.65. The van der Waals surface area contributed by atoms with E-state index in [0.717, 1.165) is 10.8 Å². The van der Waals surface area contributed by atoms with Crippen molar-refractivity contribution in [3.63, 3.8) is 0 Å². The van der Waals surface area contributed by atoms with E-state index in [1.54, 1.807) is 6.07 Å². The summed E-state index contributed by atoms with van der Waals surface area (Å²) in [6.45, 7) is 2.16. The lowest BCUT2D eigenvalue weighted by atomic mass is 10.1. The minimum Gasteiger partial charge on any atom is -0.493 e. The third-order valence-electron chi connectivity index (χ3n) is 3.55. The van der Waals surface area contributed by atoms with E-state index >= 15 is 0 Å². The molecule has 0 fully saturated rings. The molecule has 1 heterocycles. The molecule has 0 aliphatic carbocycles. The molecule has 0 unspecified atom stereocenters. The van der Waals surface area contributed by atoms with Crippen LogP contribution in [-0.2, 0) is 23.8 Å². The predicted octanol–water partition coefficient (Wildman–Crippen LogP) is 2.60. The second-order valence-electron chi connectivity index (χ2n) is 5.26. The summed E-state index contributed by atoms with van der Waals surface area (Å²) in [6, 6.07) is 13.3. The van der Waals surface area contributed by atoms with E-state index in [1.807, 2.05) is 36.4 Å². The zero-order chi connectivity index (χ0) is 16.9. The number of ether oxygens (including phenoxy) is 3. The van der Waals surface area contributed by atoms with Crippen LogP contribution in [0.4, 0.5) is 5.69 Å². The molecule has 0 spiro atoms. The van der Waals surface area contributed by atoms with Gasteiger partial charge in [0.05, 0.1) is 0 Å². The maximum atomic E-state index is 12.3. The number of hydrogen-bond donors (Lipinski definition) is 1. The van der Waals surface area contributed by atoms with Gasteiger partial charge in [0, 0.05) is 11.1 Å². The van der Waals surface area contributed by atoms with Crippen LogP contribution in [0.15, 0.2) is 54.5 Å². The summed E-state index contributed by atoms with van der Waals surface area (Å²) in [6.07, 6.45) is 0.226. The molecular formula is C18H17NO5. The van der Waals surface area contributed by atoms with Crippen molar-refractivity contribution >= 4 is 28.3 Å². The second-order valence-corrected chi connectivity index (χ2v) is 5.26. The summed E-state index contributed by atoms with van der Waals surface area (Å²) in [5.74, 6) is -1.18. The van der Waals surface area contributed by atoms with Crippen LogP contribution < -0.4 is 5.32 Å². The maximum absolute atomic E-state index is 12.3. The minimum atomic E-state index is -0.970. The summed E-state index contributed by atoms with van der Waals surface area (Å²) in [5.41, 5.74) is 0.664. The van der Waals surface area contributed by atoms with Crippen LogP contribution in [0.3, 0.4) is 0 Å². The van der Waals surface area contributed by atoms with Gasteiger partial charge in [-0.2, -0.15) is 0 Å². The molecule has 24 heavy (non-hydrogen) atoms. The van der Waals surface area contributed by atoms with Crippen molar-refractivity contribution in [1.82, 2.24) is 0 Å². The molecule has 1 aliphatic heterocycles. The summed E-state index contributed by atoms with van der Waals surface area (Å²) >= 11 is 0. The molecule has 3 rings (SSSR count). The number of nitrogens with one attached hydrogen (secondary N) is 1. The van der Waals surface area contributed by atoms with E-state index in [1.165, 1.54) is 13.2 Å². The van der Waals surface area contributed by atoms with Crippen molar-refractivity contribution in [3.05, 3.63) is 54.5 Å². The van der Waals surface area contributed by atoms with Gasteiger partial charge < -0.3 is 19.5 Å². The Morgan fingerprint density at radius 2 is 1.92 bits per heavy atom. The van der Waals surface area contributed by atoms with Crippen molar-refractivity contribution in [1.29, 1.82) is 0 Å². The third kappa shape index (κ3) is 3.48. The highest BCUT2D eigenvalue weighted by molar-refractivity contribution is 6.04. The molecule has 1 aliphatic rings. The lowest BCUT2D eigenvalue weighted by molar-refractivity contribution is -0.153. The molecule has 0 saturated heterocycles. The monoisotopic (exact) mass is 327 g/mol. The number of carbonyl (C=O) groups is 2. The summed E-state index contributed by atoms with van der Waals surface area (Å²) in [7, 11) is 0. The fraction of sp³-hybridized carbons (Fsp3) is 0.222. The van der Waals surface area contributed by atoms with Crippen LogP contribution in [0.1, 0.15) is 6.92 Å². The van der Waals surface area contributed by atoms with E-state index in [4.69, 9.17) is 14.2 Å². The molecule has 1 atom stereocenters. The SMILES string of the molecule is C[C@@H](OC(=O)C1=COCCO1)C(=O)Nc1cccc2ccccc12. The zero-order valence-corrected chi connectivity index (χ0v) is 13.2. The third-order valence-corrected chi connectivity index (χ3v) is 3.55.